The Morgan fingerprint density at radius 2 is 2.27 bits per heavy atom. The Hall–Kier alpha value is -3.65. The number of amides is 2. The van der Waals surface area contributed by atoms with Gasteiger partial charge in [-0.15, -0.1) is 27.8 Å². The number of hydrogen-bond acceptors (Lipinski definition) is 10. The smallest absolute Gasteiger partial charge is 0.276 e. The number of carboxylic acid groups (broad SMARTS) is 1. The van der Waals surface area contributed by atoms with Gasteiger partial charge in [0.05, 0.1) is 24.4 Å². The molecule has 1 aliphatic carbocycles. The molecule has 3 N–H and O–H groups in total. The maximum atomic E-state index is 13.1. The maximum absolute atomic E-state index is 13.1. The first kappa shape index (κ1) is 25.0. The molecule has 37 heavy (non-hydrogen) atoms. The first-order valence-corrected chi connectivity index (χ1v) is 13.5. The fourth-order valence-electron chi connectivity index (χ4n) is 4.79. The summed E-state index contributed by atoms with van der Waals surface area (Å²) in [7, 11) is 1.95. The lowest BCUT2D eigenvalue weighted by molar-refractivity contribution is -0.767. The van der Waals surface area contributed by atoms with Crippen molar-refractivity contribution in [3.05, 3.63) is 52.5 Å². The molecule has 0 spiro atoms. The summed E-state index contributed by atoms with van der Waals surface area (Å²) < 4.78 is 4.01. The highest BCUT2D eigenvalue weighted by molar-refractivity contribution is 8.00. The number of carbonyl (C=O) groups is 3. The number of nitrogens with one attached hydrogen (secondary N) is 1. The van der Waals surface area contributed by atoms with E-state index in [2.05, 4.69) is 22.0 Å². The fraction of sp³-hybridized carbons (Fsp3) is 0.391. The molecule has 1 unspecified atom stereocenters. The van der Waals surface area contributed by atoms with Crippen LogP contribution in [0.25, 0.3) is 0 Å². The van der Waals surface area contributed by atoms with Crippen LogP contribution in [0.3, 0.4) is 0 Å². The van der Waals surface area contributed by atoms with Crippen LogP contribution in [-0.4, -0.2) is 61.8 Å². The highest BCUT2D eigenvalue weighted by Crippen LogP contribution is 2.40. The summed E-state index contributed by atoms with van der Waals surface area (Å²) in [4.78, 5) is 48.6. The molecular weight excluding hydrogens is 518 g/mol. The molecule has 0 bridgehead atoms. The van der Waals surface area contributed by atoms with Gasteiger partial charge >= 0.3 is 0 Å². The number of aryl methyl sites for hydroxylation is 1. The van der Waals surface area contributed by atoms with E-state index in [0.717, 1.165) is 30.6 Å². The van der Waals surface area contributed by atoms with E-state index < -0.39 is 29.2 Å². The van der Waals surface area contributed by atoms with E-state index in [1.165, 1.54) is 34.0 Å². The van der Waals surface area contributed by atoms with Gasteiger partial charge in [-0.05, 0) is 19.3 Å². The summed E-state index contributed by atoms with van der Waals surface area (Å²) in [6.45, 7) is 3.93. The van der Waals surface area contributed by atoms with Crippen molar-refractivity contribution in [2.75, 3.05) is 18.1 Å². The number of thiazole rings is 1. The maximum Gasteiger partial charge on any atom is 0.276 e. The van der Waals surface area contributed by atoms with E-state index in [0.29, 0.717) is 17.9 Å². The van der Waals surface area contributed by atoms with Crippen LogP contribution in [0.1, 0.15) is 23.4 Å². The number of carboxylic acids is 1. The van der Waals surface area contributed by atoms with Crippen LogP contribution in [0.2, 0.25) is 0 Å². The van der Waals surface area contributed by atoms with Crippen molar-refractivity contribution >= 4 is 51.7 Å². The van der Waals surface area contributed by atoms with Gasteiger partial charge in [0.1, 0.15) is 23.7 Å². The standard InChI is InChI=1S/C23H25N7O5S2/c1-3-7-35-27-16(14-11-37-23(24)25-14)19(31)26-17-20(32)30-18(22(33)34)13(10-36-21(17)30)9-29-8-12-5-4-6-15(12)28(29)2/h3,8,11,17,21H,1,4-7,9-10H2,2H3,(H3-,24,25,26,31,33,34)/t17?,21-/m1/s1. The molecule has 0 saturated carbocycles. The minimum atomic E-state index is -1.42. The number of carbonyl (C=O) groups excluding carboxylic acids is 3. The van der Waals surface area contributed by atoms with Crippen LogP contribution in [-0.2, 0) is 45.7 Å². The average molecular weight is 544 g/mol. The first-order valence-electron chi connectivity index (χ1n) is 11.6. The van der Waals surface area contributed by atoms with Gasteiger partial charge in [0, 0.05) is 22.3 Å². The van der Waals surface area contributed by atoms with Crippen LogP contribution < -0.4 is 20.8 Å². The number of rotatable bonds is 9. The minimum absolute atomic E-state index is 0.0652. The Morgan fingerprint density at radius 3 is 2.95 bits per heavy atom. The van der Waals surface area contributed by atoms with Crippen LogP contribution in [0.15, 0.2) is 40.7 Å². The van der Waals surface area contributed by atoms with E-state index >= 15 is 0 Å². The SMILES string of the molecule is C=CCON=C(C(=O)NC1C(=O)N2C(C(=O)[O-])=C(C[n+]3cc4c(n3C)CCC4)CS[C@H]12)c1csc(N)n1. The fourth-order valence-corrected chi connectivity index (χ4v) is 6.67. The van der Waals surface area contributed by atoms with Crippen molar-refractivity contribution in [1.82, 2.24) is 19.9 Å². The molecule has 1 fully saturated rings. The van der Waals surface area contributed by atoms with Gasteiger partial charge in [0.25, 0.3) is 11.8 Å². The molecule has 14 heteroatoms. The summed E-state index contributed by atoms with van der Waals surface area (Å²) in [6, 6.07) is -0.944. The van der Waals surface area contributed by atoms with Crippen LogP contribution in [0, 0.1) is 0 Å². The van der Waals surface area contributed by atoms with Crippen molar-refractivity contribution in [3.8, 4) is 0 Å². The molecule has 2 atom stereocenters. The minimum Gasteiger partial charge on any atom is -0.543 e. The second-order valence-corrected chi connectivity index (χ2v) is 10.8. The van der Waals surface area contributed by atoms with Crippen molar-refractivity contribution in [2.24, 2.45) is 12.2 Å². The number of fused-ring (bicyclic) bond motifs is 2. The quantitative estimate of drug-likeness (QED) is 0.100. The summed E-state index contributed by atoms with van der Waals surface area (Å²) >= 11 is 2.51. The van der Waals surface area contributed by atoms with Gasteiger partial charge in [-0.3, -0.25) is 14.5 Å². The Morgan fingerprint density at radius 1 is 1.46 bits per heavy atom. The predicted molar refractivity (Wildman–Crippen MR) is 134 cm³/mol. The topological polar surface area (TPSA) is 159 Å². The number of aliphatic carboxylic acids is 1. The summed E-state index contributed by atoms with van der Waals surface area (Å²) in [6.07, 6.45) is 6.61. The molecule has 2 aromatic rings. The molecule has 0 aromatic carbocycles. The van der Waals surface area contributed by atoms with Gasteiger partial charge in [0.15, 0.2) is 23.6 Å². The van der Waals surface area contributed by atoms with Gasteiger partial charge < -0.3 is 25.8 Å². The second kappa shape index (κ2) is 10.0. The number of β-lactam (4-membered cyclic amide) rings is 1. The monoisotopic (exact) mass is 543 g/mol. The Balaban J connectivity index is 1.35. The van der Waals surface area contributed by atoms with Crippen LogP contribution in [0.5, 0.6) is 0 Å². The number of anilines is 1. The normalized spacial score (nSPS) is 20.8. The van der Waals surface area contributed by atoms with Crippen molar-refractivity contribution < 1.29 is 29.0 Å². The largest absolute Gasteiger partial charge is 0.543 e. The highest BCUT2D eigenvalue weighted by Gasteiger charge is 2.53. The molecule has 2 amide bonds. The number of nitrogens with zero attached hydrogens (tertiary/aromatic N) is 5. The number of aromatic nitrogens is 3. The van der Waals surface area contributed by atoms with Gasteiger partial charge in [0.2, 0.25) is 0 Å². The lowest BCUT2D eigenvalue weighted by Gasteiger charge is -2.50. The molecule has 2 aliphatic heterocycles. The first-order chi connectivity index (χ1) is 17.8. The molecule has 5 rings (SSSR count). The van der Waals surface area contributed by atoms with E-state index in [4.69, 9.17) is 10.6 Å². The second-order valence-electron chi connectivity index (χ2n) is 8.77. The molecule has 194 valence electrons. The number of nitrogen functional groups attached to an aromatic ring is 1. The summed E-state index contributed by atoms with van der Waals surface area (Å²) in [5, 5.41) is 19.8. The third-order valence-electron chi connectivity index (χ3n) is 6.52. The van der Waals surface area contributed by atoms with Gasteiger partial charge in [-0.1, -0.05) is 17.8 Å². The molecule has 4 heterocycles. The van der Waals surface area contributed by atoms with Gasteiger partial charge in [-0.25, -0.2) is 4.98 Å². The van der Waals surface area contributed by atoms with Crippen molar-refractivity contribution in [2.45, 2.75) is 37.2 Å². The average Bonchev–Trinajstić information content (AvgIpc) is 3.58. The van der Waals surface area contributed by atoms with E-state index in [-0.39, 0.29) is 28.8 Å². The zero-order chi connectivity index (χ0) is 26.3. The van der Waals surface area contributed by atoms with Crippen LogP contribution >= 0.6 is 23.1 Å². The van der Waals surface area contributed by atoms with E-state index in [1.807, 2.05) is 22.6 Å². The van der Waals surface area contributed by atoms with Crippen LogP contribution in [0.4, 0.5) is 5.13 Å². The Bertz CT molecular complexity index is 1360. The van der Waals surface area contributed by atoms with Crippen molar-refractivity contribution in [3.63, 3.8) is 0 Å². The molecule has 0 radical (unpaired) electrons. The Labute approximate surface area is 220 Å². The third kappa shape index (κ3) is 4.50. The van der Waals surface area contributed by atoms with E-state index in [1.54, 1.807) is 5.38 Å². The summed E-state index contributed by atoms with van der Waals surface area (Å²) in [5.74, 6) is -2.27. The number of thioether (sulfide) groups is 1. The van der Waals surface area contributed by atoms with Crippen molar-refractivity contribution in [1.29, 1.82) is 0 Å². The molecule has 3 aliphatic rings. The number of hydrogen-bond donors (Lipinski definition) is 2. The molecule has 2 aromatic heterocycles. The number of nitrogens with two attached hydrogens (primary N) is 1. The zero-order valence-electron chi connectivity index (χ0n) is 20.0. The molecular formula is C23H25N7O5S2. The number of oxime groups is 1. The highest BCUT2D eigenvalue weighted by atomic mass is 32.2. The van der Waals surface area contributed by atoms with E-state index in [9.17, 15) is 19.5 Å². The zero-order valence-corrected chi connectivity index (χ0v) is 21.6. The summed E-state index contributed by atoms with van der Waals surface area (Å²) in [5.41, 5.74) is 8.70. The lowest BCUT2D eigenvalue weighted by Crippen LogP contribution is -2.71. The predicted octanol–water partition coefficient (Wildman–Crippen LogP) is -1.15. The Kier molecular flexibility index (Phi) is 6.77. The van der Waals surface area contributed by atoms with Gasteiger partial charge in [-0.2, -0.15) is 4.68 Å². The molecule has 12 nitrogen and oxygen atoms in total. The lowest BCUT2D eigenvalue weighted by atomic mass is 10.0. The third-order valence-corrected chi connectivity index (χ3v) is 8.53. The molecule has 1 saturated heterocycles.